The minimum absolute atomic E-state index is 0.105. The Bertz CT molecular complexity index is 426. The number of hydrogen-bond acceptors (Lipinski definition) is 4. The maximum absolute atomic E-state index is 12.4. The van der Waals surface area contributed by atoms with Gasteiger partial charge in [0.2, 0.25) is 0 Å². The summed E-state index contributed by atoms with van der Waals surface area (Å²) in [7, 11) is 1.75. The van der Waals surface area contributed by atoms with Crippen molar-refractivity contribution in [1.29, 1.82) is 0 Å². The molecule has 6 heteroatoms. The van der Waals surface area contributed by atoms with E-state index in [2.05, 4.69) is 10.3 Å². The van der Waals surface area contributed by atoms with E-state index in [0.29, 0.717) is 42.7 Å². The second kappa shape index (κ2) is 7.96. The lowest BCUT2D eigenvalue weighted by molar-refractivity contribution is 0.0669. The van der Waals surface area contributed by atoms with Crippen molar-refractivity contribution in [2.75, 3.05) is 38.7 Å². The van der Waals surface area contributed by atoms with Crippen molar-refractivity contribution in [1.82, 2.24) is 9.88 Å². The molecule has 19 heavy (non-hydrogen) atoms. The average Bonchev–Trinajstić information content (AvgIpc) is 2.43. The first-order valence-electron chi connectivity index (χ1n) is 6.34. The summed E-state index contributed by atoms with van der Waals surface area (Å²) in [6.07, 6.45) is 1.48. The molecule has 5 nitrogen and oxygen atoms in total. The predicted molar refractivity (Wildman–Crippen MR) is 76.9 cm³/mol. The van der Waals surface area contributed by atoms with Crippen LogP contribution in [0.5, 0.6) is 0 Å². The second-order valence-corrected chi connectivity index (χ2v) is 4.29. The van der Waals surface area contributed by atoms with Crippen LogP contribution in [0.2, 0.25) is 5.02 Å². The summed E-state index contributed by atoms with van der Waals surface area (Å²) in [6, 6.07) is 1.66. The van der Waals surface area contributed by atoms with Gasteiger partial charge in [0.05, 0.1) is 17.2 Å². The van der Waals surface area contributed by atoms with E-state index < -0.39 is 0 Å². The van der Waals surface area contributed by atoms with E-state index in [4.69, 9.17) is 16.3 Å². The van der Waals surface area contributed by atoms with Gasteiger partial charge < -0.3 is 15.0 Å². The molecule has 0 aliphatic heterocycles. The lowest BCUT2D eigenvalue weighted by Gasteiger charge is -2.21. The van der Waals surface area contributed by atoms with Gasteiger partial charge in [-0.3, -0.25) is 4.79 Å². The van der Waals surface area contributed by atoms with Gasteiger partial charge in [-0.2, -0.15) is 0 Å². The van der Waals surface area contributed by atoms with Crippen LogP contribution in [-0.4, -0.2) is 49.1 Å². The summed E-state index contributed by atoms with van der Waals surface area (Å²) in [5.74, 6) is 0.514. The molecular weight excluding hydrogens is 266 g/mol. The normalized spacial score (nSPS) is 10.3. The van der Waals surface area contributed by atoms with Gasteiger partial charge in [0, 0.05) is 32.9 Å². The van der Waals surface area contributed by atoms with Crippen molar-refractivity contribution in [3.05, 3.63) is 22.8 Å². The molecule has 1 aromatic heterocycles. The maximum Gasteiger partial charge on any atom is 0.255 e. The number of halogens is 1. The summed E-state index contributed by atoms with van der Waals surface area (Å²) >= 11 is 6.04. The number of pyridine rings is 1. The van der Waals surface area contributed by atoms with Crippen molar-refractivity contribution in [3.8, 4) is 0 Å². The van der Waals surface area contributed by atoms with Gasteiger partial charge >= 0.3 is 0 Å². The molecular formula is C13H20ClN3O2. The quantitative estimate of drug-likeness (QED) is 0.781. The number of carbonyl (C=O) groups excluding carboxylic acids is 1. The van der Waals surface area contributed by atoms with E-state index in [9.17, 15) is 4.79 Å². The topological polar surface area (TPSA) is 54.5 Å². The van der Waals surface area contributed by atoms with Crippen molar-refractivity contribution < 1.29 is 9.53 Å². The Morgan fingerprint density at radius 1 is 1.53 bits per heavy atom. The maximum atomic E-state index is 12.4. The zero-order valence-electron chi connectivity index (χ0n) is 11.6. The van der Waals surface area contributed by atoms with Crippen LogP contribution >= 0.6 is 11.6 Å². The smallest absolute Gasteiger partial charge is 0.255 e. The molecule has 0 bridgehead atoms. The van der Waals surface area contributed by atoms with E-state index in [1.165, 1.54) is 6.20 Å². The third-order valence-corrected chi connectivity index (χ3v) is 3.02. The Morgan fingerprint density at radius 3 is 2.84 bits per heavy atom. The SMILES string of the molecule is CCOCCN(CC)C(=O)c1cc(NC)ncc1Cl. The van der Waals surface area contributed by atoms with Crippen LogP contribution in [0.3, 0.4) is 0 Å². The van der Waals surface area contributed by atoms with Crippen molar-refractivity contribution in [3.63, 3.8) is 0 Å². The molecule has 0 aliphatic carbocycles. The standard InChI is InChI=1S/C13H20ClN3O2/c1-4-17(6-7-19-5-2)13(18)10-8-12(15-3)16-9-11(10)14/h8-9H,4-7H2,1-3H3,(H,15,16). The molecule has 0 atom stereocenters. The molecule has 0 unspecified atom stereocenters. The number of anilines is 1. The number of nitrogens with one attached hydrogen (secondary N) is 1. The average molecular weight is 286 g/mol. The van der Waals surface area contributed by atoms with Gasteiger partial charge in [-0.1, -0.05) is 11.6 Å². The van der Waals surface area contributed by atoms with Crippen LogP contribution in [0.1, 0.15) is 24.2 Å². The van der Waals surface area contributed by atoms with Crippen LogP contribution in [0, 0.1) is 0 Å². The van der Waals surface area contributed by atoms with Gasteiger partial charge in [0.25, 0.3) is 5.91 Å². The van der Waals surface area contributed by atoms with Crippen molar-refractivity contribution in [2.24, 2.45) is 0 Å². The molecule has 1 amide bonds. The van der Waals surface area contributed by atoms with E-state index in [1.807, 2.05) is 13.8 Å². The highest BCUT2D eigenvalue weighted by atomic mass is 35.5. The Balaban J connectivity index is 2.84. The van der Waals surface area contributed by atoms with E-state index in [1.54, 1.807) is 18.0 Å². The summed E-state index contributed by atoms with van der Waals surface area (Å²) in [5, 5.41) is 3.25. The molecule has 1 N–H and O–H groups in total. The number of amides is 1. The Morgan fingerprint density at radius 2 is 2.26 bits per heavy atom. The van der Waals surface area contributed by atoms with E-state index in [-0.39, 0.29) is 5.91 Å². The lowest BCUT2D eigenvalue weighted by atomic mass is 10.2. The first-order valence-corrected chi connectivity index (χ1v) is 6.72. The second-order valence-electron chi connectivity index (χ2n) is 3.88. The monoisotopic (exact) mass is 285 g/mol. The van der Waals surface area contributed by atoms with Gasteiger partial charge in [-0.25, -0.2) is 4.98 Å². The number of ether oxygens (including phenoxy) is 1. The number of hydrogen-bond donors (Lipinski definition) is 1. The van der Waals surface area contributed by atoms with Crippen molar-refractivity contribution >= 4 is 23.3 Å². The minimum Gasteiger partial charge on any atom is -0.380 e. The summed E-state index contributed by atoms with van der Waals surface area (Å²) in [5.41, 5.74) is 0.458. The highest BCUT2D eigenvalue weighted by Crippen LogP contribution is 2.19. The zero-order valence-corrected chi connectivity index (χ0v) is 12.3. The summed E-state index contributed by atoms with van der Waals surface area (Å²) in [6.45, 7) is 6.19. The molecule has 0 fully saturated rings. The summed E-state index contributed by atoms with van der Waals surface area (Å²) < 4.78 is 5.28. The predicted octanol–water partition coefficient (Wildman–Crippen LogP) is 2.28. The molecule has 0 saturated heterocycles. The lowest BCUT2D eigenvalue weighted by Crippen LogP contribution is -2.34. The Kier molecular flexibility index (Phi) is 6.59. The molecule has 0 radical (unpaired) electrons. The van der Waals surface area contributed by atoms with Crippen molar-refractivity contribution in [2.45, 2.75) is 13.8 Å². The number of nitrogens with zero attached hydrogens (tertiary/aromatic N) is 2. The number of likely N-dealkylation sites (N-methyl/N-ethyl adjacent to an activating group) is 1. The third kappa shape index (κ3) is 4.36. The fourth-order valence-corrected chi connectivity index (χ4v) is 1.82. The number of aromatic nitrogens is 1. The summed E-state index contributed by atoms with van der Waals surface area (Å²) in [4.78, 5) is 18.2. The first-order chi connectivity index (χ1) is 9.13. The Hall–Kier alpha value is -1.33. The zero-order chi connectivity index (χ0) is 14.3. The molecule has 1 rings (SSSR count). The van der Waals surface area contributed by atoms with Crippen LogP contribution in [0.25, 0.3) is 0 Å². The molecule has 1 aromatic rings. The van der Waals surface area contributed by atoms with Crippen LogP contribution in [0.15, 0.2) is 12.3 Å². The minimum atomic E-state index is -0.105. The highest BCUT2D eigenvalue weighted by Gasteiger charge is 2.17. The fourth-order valence-electron chi connectivity index (χ4n) is 1.63. The first kappa shape index (κ1) is 15.7. The molecule has 0 aliphatic rings. The van der Waals surface area contributed by atoms with Crippen LogP contribution in [-0.2, 0) is 4.74 Å². The van der Waals surface area contributed by atoms with Gasteiger partial charge in [-0.15, -0.1) is 0 Å². The van der Waals surface area contributed by atoms with E-state index in [0.717, 1.165) is 0 Å². The molecule has 1 heterocycles. The molecule has 0 saturated carbocycles. The van der Waals surface area contributed by atoms with Crippen LogP contribution in [0.4, 0.5) is 5.82 Å². The van der Waals surface area contributed by atoms with Gasteiger partial charge in [0.1, 0.15) is 5.82 Å². The van der Waals surface area contributed by atoms with Gasteiger partial charge in [0.15, 0.2) is 0 Å². The fraction of sp³-hybridized carbons (Fsp3) is 0.538. The van der Waals surface area contributed by atoms with Crippen LogP contribution < -0.4 is 5.32 Å². The number of rotatable bonds is 7. The Labute approximate surface area is 118 Å². The molecule has 0 aromatic carbocycles. The largest absolute Gasteiger partial charge is 0.380 e. The van der Waals surface area contributed by atoms with Gasteiger partial charge in [-0.05, 0) is 19.9 Å². The third-order valence-electron chi connectivity index (χ3n) is 2.72. The number of carbonyl (C=O) groups is 1. The highest BCUT2D eigenvalue weighted by molar-refractivity contribution is 6.33. The molecule has 106 valence electrons. The van der Waals surface area contributed by atoms with E-state index >= 15 is 0 Å². The molecule has 0 spiro atoms.